The number of nitrogens with one attached hydrogen (secondary N) is 1. The Labute approximate surface area is 82.8 Å². The first-order valence-electron chi connectivity index (χ1n) is 4.55. The highest BCUT2D eigenvalue weighted by Crippen LogP contribution is 2.05. The van der Waals surface area contributed by atoms with Crippen molar-refractivity contribution in [3.05, 3.63) is 5.89 Å². The molecule has 1 aromatic rings. The number of nitrogens with two attached hydrogens (primary N) is 1. The van der Waals surface area contributed by atoms with Gasteiger partial charge in [-0.1, -0.05) is 5.10 Å². The predicted octanol–water partition coefficient (Wildman–Crippen LogP) is 0.0176. The summed E-state index contributed by atoms with van der Waals surface area (Å²) in [6.07, 6.45) is 0.717. The lowest BCUT2D eigenvalue weighted by molar-refractivity contribution is 0.128. The molecule has 1 heterocycles. The van der Waals surface area contributed by atoms with E-state index in [2.05, 4.69) is 15.5 Å². The number of ether oxygens (including phenoxy) is 1. The van der Waals surface area contributed by atoms with Crippen LogP contribution in [-0.2, 0) is 11.2 Å². The average molecular weight is 200 g/mol. The van der Waals surface area contributed by atoms with E-state index in [-0.39, 0.29) is 6.10 Å². The van der Waals surface area contributed by atoms with E-state index in [4.69, 9.17) is 14.9 Å². The van der Waals surface area contributed by atoms with E-state index in [1.807, 2.05) is 6.92 Å². The molecular weight excluding hydrogens is 184 g/mol. The van der Waals surface area contributed by atoms with Gasteiger partial charge in [0.2, 0.25) is 5.89 Å². The van der Waals surface area contributed by atoms with Gasteiger partial charge in [0, 0.05) is 26.6 Å². The van der Waals surface area contributed by atoms with Crippen molar-refractivity contribution in [3.63, 3.8) is 0 Å². The van der Waals surface area contributed by atoms with E-state index < -0.39 is 0 Å². The van der Waals surface area contributed by atoms with Crippen molar-refractivity contribution in [1.82, 2.24) is 10.2 Å². The molecular formula is C8H16N4O2. The quantitative estimate of drug-likeness (QED) is 0.673. The van der Waals surface area contributed by atoms with Crippen molar-refractivity contribution >= 4 is 6.01 Å². The maximum Gasteiger partial charge on any atom is 0.315 e. The van der Waals surface area contributed by atoms with Crippen LogP contribution in [0.15, 0.2) is 4.42 Å². The van der Waals surface area contributed by atoms with E-state index in [0.29, 0.717) is 31.4 Å². The maximum absolute atomic E-state index is 5.35. The van der Waals surface area contributed by atoms with Gasteiger partial charge in [0.05, 0.1) is 6.10 Å². The van der Waals surface area contributed by atoms with Crippen LogP contribution in [0.4, 0.5) is 6.01 Å². The number of hydrogen-bond donors (Lipinski definition) is 2. The Bertz CT molecular complexity index is 264. The number of hydrogen-bond acceptors (Lipinski definition) is 6. The standard InChI is InChI=1S/C8H16N4O2/c1-6(13-2)5-10-8-12-11-7(14-8)3-4-9/h6H,3-5,9H2,1-2H3,(H,10,12). The zero-order valence-electron chi connectivity index (χ0n) is 8.49. The van der Waals surface area contributed by atoms with Crippen molar-refractivity contribution in [3.8, 4) is 0 Å². The molecule has 0 aromatic carbocycles. The summed E-state index contributed by atoms with van der Waals surface area (Å²) in [5, 5.41) is 10.6. The van der Waals surface area contributed by atoms with Crippen molar-refractivity contribution in [2.24, 2.45) is 5.73 Å². The molecule has 14 heavy (non-hydrogen) atoms. The second kappa shape index (κ2) is 5.56. The first-order valence-corrected chi connectivity index (χ1v) is 4.55. The van der Waals surface area contributed by atoms with Gasteiger partial charge >= 0.3 is 6.01 Å². The van der Waals surface area contributed by atoms with Gasteiger partial charge in [-0.25, -0.2) is 0 Å². The third-order valence-corrected chi connectivity index (χ3v) is 1.77. The van der Waals surface area contributed by atoms with Gasteiger partial charge in [0.1, 0.15) is 0 Å². The lowest BCUT2D eigenvalue weighted by Crippen LogP contribution is -2.18. The molecule has 6 heteroatoms. The summed E-state index contributed by atoms with van der Waals surface area (Å²) in [5.74, 6) is 0.556. The van der Waals surface area contributed by atoms with Gasteiger partial charge in [-0.15, -0.1) is 5.10 Å². The Kier molecular flexibility index (Phi) is 4.34. The molecule has 0 aliphatic carbocycles. The summed E-state index contributed by atoms with van der Waals surface area (Å²) < 4.78 is 10.3. The van der Waals surface area contributed by atoms with Crippen LogP contribution >= 0.6 is 0 Å². The molecule has 0 bridgehead atoms. The summed E-state index contributed by atoms with van der Waals surface area (Å²) in [4.78, 5) is 0. The minimum atomic E-state index is 0.111. The van der Waals surface area contributed by atoms with E-state index in [1.54, 1.807) is 7.11 Å². The zero-order chi connectivity index (χ0) is 10.4. The summed E-state index contributed by atoms with van der Waals surface area (Å²) in [6, 6.07) is 0.414. The van der Waals surface area contributed by atoms with E-state index in [1.165, 1.54) is 0 Å². The Morgan fingerprint density at radius 1 is 1.57 bits per heavy atom. The van der Waals surface area contributed by atoms with Crippen LogP contribution in [0.3, 0.4) is 0 Å². The summed E-state index contributed by atoms with van der Waals surface area (Å²) >= 11 is 0. The largest absolute Gasteiger partial charge is 0.408 e. The maximum atomic E-state index is 5.35. The monoisotopic (exact) mass is 200 g/mol. The van der Waals surface area contributed by atoms with E-state index >= 15 is 0 Å². The number of nitrogens with zero attached hydrogens (tertiary/aromatic N) is 2. The van der Waals surface area contributed by atoms with Crippen molar-refractivity contribution in [1.29, 1.82) is 0 Å². The SMILES string of the molecule is COC(C)CNc1nnc(CCN)o1. The molecule has 1 unspecified atom stereocenters. The number of aromatic nitrogens is 2. The first kappa shape index (κ1) is 10.9. The predicted molar refractivity (Wildman–Crippen MR) is 52.0 cm³/mol. The minimum absolute atomic E-state index is 0.111. The third-order valence-electron chi connectivity index (χ3n) is 1.77. The van der Waals surface area contributed by atoms with Crippen LogP contribution in [-0.4, -0.2) is 36.5 Å². The van der Waals surface area contributed by atoms with Gasteiger partial charge < -0.3 is 20.2 Å². The fraction of sp³-hybridized carbons (Fsp3) is 0.750. The lowest BCUT2D eigenvalue weighted by Gasteiger charge is -2.07. The summed E-state index contributed by atoms with van der Waals surface area (Å²) in [7, 11) is 1.65. The van der Waals surface area contributed by atoms with E-state index in [9.17, 15) is 0 Å². The van der Waals surface area contributed by atoms with E-state index in [0.717, 1.165) is 0 Å². The molecule has 6 nitrogen and oxygen atoms in total. The Balaban J connectivity index is 2.35. The molecule has 0 fully saturated rings. The molecule has 3 N–H and O–H groups in total. The third kappa shape index (κ3) is 3.31. The fourth-order valence-corrected chi connectivity index (χ4v) is 0.864. The number of methoxy groups -OCH3 is 1. The van der Waals surface area contributed by atoms with Crippen LogP contribution in [0.1, 0.15) is 12.8 Å². The zero-order valence-corrected chi connectivity index (χ0v) is 8.49. The molecule has 1 aromatic heterocycles. The molecule has 0 radical (unpaired) electrons. The van der Waals surface area contributed by atoms with Gasteiger partial charge in [-0.2, -0.15) is 0 Å². The first-order chi connectivity index (χ1) is 6.76. The second-order valence-electron chi connectivity index (χ2n) is 2.97. The molecule has 0 aliphatic rings. The van der Waals surface area contributed by atoms with Crippen LogP contribution in [0.25, 0.3) is 0 Å². The van der Waals surface area contributed by atoms with Crippen molar-refractivity contribution < 1.29 is 9.15 Å². The molecule has 80 valence electrons. The highest BCUT2D eigenvalue weighted by molar-refractivity contribution is 5.16. The molecule has 0 aliphatic heterocycles. The number of anilines is 1. The average Bonchev–Trinajstić information content (AvgIpc) is 2.63. The Hall–Kier alpha value is -1.14. The van der Waals surface area contributed by atoms with Crippen molar-refractivity contribution in [2.45, 2.75) is 19.4 Å². The molecule has 1 atom stereocenters. The van der Waals surface area contributed by atoms with Gasteiger partial charge in [-0.3, -0.25) is 0 Å². The molecule has 0 spiro atoms. The second-order valence-corrected chi connectivity index (χ2v) is 2.97. The van der Waals surface area contributed by atoms with Crippen LogP contribution in [0, 0.1) is 0 Å². The number of rotatable bonds is 6. The summed E-state index contributed by atoms with van der Waals surface area (Å²) in [6.45, 7) is 3.10. The highest BCUT2D eigenvalue weighted by atomic mass is 16.5. The van der Waals surface area contributed by atoms with Crippen LogP contribution < -0.4 is 11.1 Å². The smallest absolute Gasteiger partial charge is 0.315 e. The Morgan fingerprint density at radius 2 is 2.36 bits per heavy atom. The molecule has 0 saturated carbocycles. The topological polar surface area (TPSA) is 86.2 Å². The van der Waals surface area contributed by atoms with Crippen LogP contribution in [0.5, 0.6) is 0 Å². The summed E-state index contributed by atoms with van der Waals surface area (Å²) in [5.41, 5.74) is 5.35. The molecule has 0 saturated heterocycles. The fourth-order valence-electron chi connectivity index (χ4n) is 0.864. The highest BCUT2D eigenvalue weighted by Gasteiger charge is 2.05. The normalized spacial score (nSPS) is 12.8. The van der Waals surface area contributed by atoms with Gasteiger partial charge in [0.15, 0.2) is 0 Å². The van der Waals surface area contributed by atoms with Crippen LogP contribution in [0.2, 0.25) is 0 Å². The molecule has 1 rings (SSSR count). The van der Waals surface area contributed by atoms with Gasteiger partial charge in [-0.05, 0) is 6.92 Å². The van der Waals surface area contributed by atoms with Crippen molar-refractivity contribution in [2.75, 3.05) is 25.5 Å². The lowest BCUT2D eigenvalue weighted by atomic mass is 10.4. The molecule has 0 amide bonds. The van der Waals surface area contributed by atoms with Gasteiger partial charge in [0.25, 0.3) is 0 Å². The minimum Gasteiger partial charge on any atom is -0.408 e. The Morgan fingerprint density at radius 3 is 3.00 bits per heavy atom.